The molecule has 0 radical (unpaired) electrons. The van der Waals surface area contributed by atoms with Crippen molar-refractivity contribution in [1.29, 1.82) is 0 Å². The maximum atomic E-state index is 12.1. The molecule has 0 saturated heterocycles. The van der Waals surface area contributed by atoms with Crippen LogP contribution in [0.4, 0.5) is 0 Å². The van der Waals surface area contributed by atoms with E-state index in [1.807, 2.05) is 24.3 Å². The standard InChI is InChI=1S/C18H13BrN2O4/c1-11(22)13-3-2-4-14(9-13)18(23)24-10-16-20-17(21-25-16)12-5-7-15(19)8-6-12/h2-9H,10H2,1H3. The van der Waals surface area contributed by atoms with E-state index in [1.54, 1.807) is 18.2 Å². The van der Waals surface area contributed by atoms with Crippen molar-refractivity contribution in [1.82, 2.24) is 10.1 Å². The van der Waals surface area contributed by atoms with Crippen LogP contribution in [0.1, 0.15) is 33.5 Å². The van der Waals surface area contributed by atoms with Crippen molar-refractivity contribution in [2.24, 2.45) is 0 Å². The average molecular weight is 401 g/mol. The molecule has 0 aliphatic rings. The second kappa shape index (κ2) is 7.40. The summed E-state index contributed by atoms with van der Waals surface area (Å²) in [4.78, 5) is 27.6. The summed E-state index contributed by atoms with van der Waals surface area (Å²) in [5.74, 6) is -0.0803. The Balaban J connectivity index is 1.66. The van der Waals surface area contributed by atoms with Gasteiger partial charge < -0.3 is 9.26 Å². The molecular formula is C18H13BrN2O4. The van der Waals surface area contributed by atoms with Gasteiger partial charge in [0.25, 0.3) is 5.89 Å². The molecule has 3 aromatic rings. The van der Waals surface area contributed by atoms with Gasteiger partial charge in [-0.1, -0.05) is 33.2 Å². The predicted molar refractivity (Wildman–Crippen MR) is 93.0 cm³/mol. The molecule has 0 aliphatic heterocycles. The van der Waals surface area contributed by atoms with Crippen molar-refractivity contribution in [3.8, 4) is 11.4 Å². The Hall–Kier alpha value is -2.80. The van der Waals surface area contributed by atoms with Gasteiger partial charge in [-0.25, -0.2) is 4.79 Å². The second-order valence-electron chi connectivity index (χ2n) is 5.23. The minimum atomic E-state index is -0.563. The lowest BCUT2D eigenvalue weighted by Crippen LogP contribution is -2.06. The molecule has 0 amide bonds. The number of benzene rings is 2. The van der Waals surface area contributed by atoms with Crippen LogP contribution in [-0.4, -0.2) is 21.9 Å². The summed E-state index contributed by atoms with van der Waals surface area (Å²) >= 11 is 3.36. The van der Waals surface area contributed by atoms with Gasteiger partial charge in [-0.15, -0.1) is 0 Å². The molecule has 0 aliphatic carbocycles. The van der Waals surface area contributed by atoms with E-state index in [2.05, 4.69) is 26.1 Å². The number of hydrogen-bond acceptors (Lipinski definition) is 6. The molecule has 0 saturated carbocycles. The first-order chi connectivity index (χ1) is 12.0. The molecule has 0 fully saturated rings. The summed E-state index contributed by atoms with van der Waals surface area (Å²) in [7, 11) is 0. The highest BCUT2D eigenvalue weighted by Crippen LogP contribution is 2.19. The van der Waals surface area contributed by atoms with Gasteiger partial charge in [0, 0.05) is 15.6 Å². The van der Waals surface area contributed by atoms with E-state index in [-0.39, 0.29) is 18.3 Å². The van der Waals surface area contributed by atoms with Crippen LogP contribution in [0.3, 0.4) is 0 Å². The van der Waals surface area contributed by atoms with Crippen LogP contribution in [0.5, 0.6) is 0 Å². The van der Waals surface area contributed by atoms with Crippen LogP contribution in [0.15, 0.2) is 57.5 Å². The topological polar surface area (TPSA) is 82.3 Å². The summed E-state index contributed by atoms with van der Waals surface area (Å²) in [5.41, 5.74) is 1.53. The Morgan fingerprint density at radius 1 is 1.12 bits per heavy atom. The molecule has 6 nitrogen and oxygen atoms in total. The van der Waals surface area contributed by atoms with Gasteiger partial charge in [0.15, 0.2) is 12.4 Å². The zero-order valence-corrected chi connectivity index (χ0v) is 14.8. The maximum absolute atomic E-state index is 12.1. The number of rotatable bonds is 5. The Morgan fingerprint density at radius 2 is 1.84 bits per heavy atom. The summed E-state index contributed by atoms with van der Waals surface area (Å²) < 4.78 is 11.2. The molecule has 0 bridgehead atoms. The number of hydrogen-bond donors (Lipinski definition) is 0. The fourth-order valence-electron chi connectivity index (χ4n) is 2.11. The van der Waals surface area contributed by atoms with Crippen LogP contribution in [0.25, 0.3) is 11.4 Å². The van der Waals surface area contributed by atoms with Gasteiger partial charge in [-0.05, 0) is 43.3 Å². The van der Waals surface area contributed by atoms with E-state index in [0.29, 0.717) is 17.0 Å². The quantitative estimate of drug-likeness (QED) is 0.474. The molecule has 3 rings (SSSR count). The SMILES string of the molecule is CC(=O)c1cccc(C(=O)OCc2nc(-c3ccc(Br)cc3)no2)c1. The molecule has 0 unspecified atom stereocenters. The zero-order valence-electron chi connectivity index (χ0n) is 13.2. The van der Waals surface area contributed by atoms with Gasteiger partial charge in [-0.2, -0.15) is 4.98 Å². The average Bonchev–Trinajstić information content (AvgIpc) is 3.09. The molecule has 0 atom stereocenters. The first kappa shape index (κ1) is 17.0. The van der Waals surface area contributed by atoms with E-state index in [0.717, 1.165) is 10.0 Å². The first-order valence-corrected chi connectivity index (χ1v) is 8.19. The molecule has 1 aromatic heterocycles. The summed E-state index contributed by atoms with van der Waals surface area (Å²) in [5, 5.41) is 3.87. The molecule has 0 spiro atoms. The lowest BCUT2D eigenvalue weighted by atomic mass is 10.1. The minimum absolute atomic E-state index is 0.120. The van der Waals surface area contributed by atoms with Gasteiger partial charge in [0.05, 0.1) is 5.56 Å². The highest BCUT2D eigenvalue weighted by Gasteiger charge is 2.13. The molecule has 126 valence electrons. The highest BCUT2D eigenvalue weighted by atomic mass is 79.9. The fraction of sp³-hybridized carbons (Fsp3) is 0.111. The number of ether oxygens (including phenoxy) is 1. The fourth-order valence-corrected chi connectivity index (χ4v) is 2.37. The van der Waals surface area contributed by atoms with Crippen molar-refractivity contribution in [3.05, 3.63) is 70.0 Å². The minimum Gasteiger partial charge on any atom is -0.452 e. The Bertz CT molecular complexity index is 919. The Morgan fingerprint density at radius 3 is 2.56 bits per heavy atom. The van der Waals surface area contributed by atoms with Gasteiger partial charge in [0.1, 0.15) is 0 Å². The normalized spacial score (nSPS) is 10.5. The van der Waals surface area contributed by atoms with Gasteiger partial charge in [0.2, 0.25) is 5.82 Å². The monoisotopic (exact) mass is 400 g/mol. The van der Waals surface area contributed by atoms with Crippen molar-refractivity contribution in [3.63, 3.8) is 0 Å². The van der Waals surface area contributed by atoms with E-state index in [4.69, 9.17) is 9.26 Å². The van der Waals surface area contributed by atoms with E-state index in [9.17, 15) is 9.59 Å². The number of Topliss-reactive ketones (excluding diaryl/α,β-unsaturated/α-hetero) is 1. The molecule has 2 aromatic carbocycles. The summed E-state index contributed by atoms with van der Waals surface area (Å²) in [6.45, 7) is 1.29. The number of carbonyl (C=O) groups is 2. The van der Waals surface area contributed by atoms with Gasteiger partial charge in [-0.3, -0.25) is 4.79 Å². The number of esters is 1. The van der Waals surface area contributed by atoms with Crippen LogP contribution >= 0.6 is 15.9 Å². The number of ketones is 1. The van der Waals surface area contributed by atoms with E-state index >= 15 is 0 Å². The summed E-state index contributed by atoms with van der Waals surface area (Å²) in [6.07, 6.45) is 0. The molecule has 0 N–H and O–H groups in total. The molecule has 7 heteroatoms. The predicted octanol–water partition coefficient (Wildman–Crippen LogP) is 4.06. The largest absolute Gasteiger partial charge is 0.452 e. The molecular weight excluding hydrogens is 388 g/mol. The lowest BCUT2D eigenvalue weighted by Gasteiger charge is -2.03. The van der Waals surface area contributed by atoms with E-state index < -0.39 is 5.97 Å². The van der Waals surface area contributed by atoms with Crippen molar-refractivity contribution in [2.75, 3.05) is 0 Å². The van der Waals surface area contributed by atoms with Crippen molar-refractivity contribution >= 4 is 27.7 Å². The summed E-state index contributed by atoms with van der Waals surface area (Å²) in [6, 6.07) is 13.8. The van der Waals surface area contributed by atoms with Crippen LogP contribution in [0, 0.1) is 0 Å². The van der Waals surface area contributed by atoms with Crippen molar-refractivity contribution < 1.29 is 18.8 Å². The Kier molecular flexibility index (Phi) is 5.04. The van der Waals surface area contributed by atoms with E-state index in [1.165, 1.54) is 13.0 Å². The number of aromatic nitrogens is 2. The van der Waals surface area contributed by atoms with Crippen LogP contribution in [-0.2, 0) is 11.3 Å². The first-order valence-electron chi connectivity index (χ1n) is 7.39. The number of halogens is 1. The molecule has 1 heterocycles. The van der Waals surface area contributed by atoms with Crippen LogP contribution < -0.4 is 0 Å². The maximum Gasteiger partial charge on any atom is 0.338 e. The van der Waals surface area contributed by atoms with Crippen molar-refractivity contribution in [2.45, 2.75) is 13.5 Å². The number of carbonyl (C=O) groups excluding carboxylic acids is 2. The number of nitrogens with zero attached hydrogens (tertiary/aromatic N) is 2. The van der Waals surface area contributed by atoms with Gasteiger partial charge >= 0.3 is 5.97 Å². The molecule has 25 heavy (non-hydrogen) atoms. The smallest absolute Gasteiger partial charge is 0.338 e. The third-order valence-corrected chi connectivity index (χ3v) is 3.93. The van der Waals surface area contributed by atoms with Crippen LogP contribution in [0.2, 0.25) is 0 Å². The third-order valence-electron chi connectivity index (χ3n) is 3.40. The lowest BCUT2D eigenvalue weighted by molar-refractivity contribution is 0.0430. The highest BCUT2D eigenvalue weighted by molar-refractivity contribution is 9.10. The second-order valence-corrected chi connectivity index (χ2v) is 6.15. The zero-order chi connectivity index (χ0) is 17.8. The Labute approximate surface area is 151 Å². The third kappa shape index (κ3) is 4.19.